The lowest BCUT2D eigenvalue weighted by Crippen LogP contribution is -2.40. The highest BCUT2D eigenvalue weighted by molar-refractivity contribution is 6.30. The van der Waals surface area contributed by atoms with E-state index in [-0.39, 0.29) is 18.0 Å². The molecular weight excluding hydrogens is 302 g/mol. The quantitative estimate of drug-likeness (QED) is 0.938. The summed E-state index contributed by atoms with van der Waals surface area (Å²) in [5.41, 5.74) is 0.719. The molecule has 1 amide bonds. The first kappa shape index (κ1) is 15.0. The van der Waals surface area contributed by atoms with Crippen molar-refractivity contribution >= 4 is 23.2 Å². The maximum atomic E-state index is 12.4. The van der Waals surface area contributed by atoms with Crippen LogP contribution in [0, 0.1) is 0 Å². The van der Waals surface area contributed by atoms with E-state index in [2.05, 4.69) is 20.5 Å². The summed E-state index contributed by atoms with van der Waals surface area (Å²) < 4.78 is 1.86. The van der Waals surface area contributed by atoms with Gasteiger partial charge >= 0.3 is 0 Å². The Hall–Kier alpha value is -1.92. The standard InChI is InChI=1S/C15H18ClN5O/c1-11(15(22)18-13-4-2-3-12(16)9-13)20-7-5-14(10-20)21-8-6-17-19-21/h2-4,6,8-9,11,14H,5,7,10H2,1H3,(H,18,22). The van der Waals surface area contributed by atoms with Crippen LogP contribution in [0.15, 0.2) is 36.7 Å². The zero-order valence-electron chi connectivity index (χ0n) is 12.3. The SMILES string of the molecule is CC(C(=O)Nc1cccc(Cl)c1)N1CCC(n2ccnn2)C1. The van der Waals surface area contributed by atoms with Crippen LogP contribution in [0.2, 0.25) is 5.02 Å². The molecule has 2 heterocycles. The van der Waals surface area contributed by atoms with E-state index in [4.69, 9.17) is 11.6 Å². The number of nitrogens with zero attached hydrogens (tertiary/aromatic N) is 4. The number of hydrogen-bond acceptors (Lipinski definition) is 4. The van der Waals surface area contributed by atoms with E-state index in [1.807, 2.05) is 29.9 Å². The molecule has 1 N–H and O–H groups in total. The monoisotopic (exact) mass is 319 g/mol. The number of likely N-dealkylation sites (tertiary alicyclic amines) is 1. The van der Waals surface area contributed by atoms with Crippen LogP contribution in [0.4, 0.5) is 5.69 Å². The van der Waals surface area contributed by atoms with Gasteiger partial charge in [0.2, 0.25) is 5.91 Å². The Labute approximate surface area is 134 Å². The fraction of sp³-hybridized carbons (Fsp3) is 0.400. The van der Waals surface area contributed by atoms with Crippen molar-refractivity contribution in [2.24, 2.45) is 0 Å². The molecule has 1 fully saturated rings. The average molecular weight is 320 g/mol. The van der Waals surface area contributed by atoms with Crippen molar-refractivity contribution in [3.63, 3.8) is 0 Å². The summed E-state index contributed by atoms with van der Waals surface area (Å²) in [5, 5.41) is 11.4. The largest absolute Gasteiger partial charge is 0.325 e. The lowest BCUT2D eigenvalue weighted by molar-refractivity contribution is -0.120. The summed E-state index contributed by atoms with van der Waals surface area (Å²) >= 11 is 5.93. The zero-order valence-corrected chi connectivity index (χ0v) is 13.1. The molecule has 6 nitrogen and oxygen atoms in total. The van der Waals surface area contributed by atoms with Crippen molar-refractivity contribution in [2.45, 2.75) is 25.4 Å². The van der Waals surface area contributed by atoms with Gasteiger partial charge in [-0.25, -0.2) is 4.68 Å². The molecule has 0 spiro atoms. The average Bonchev–Trinajstić information content (AvgIpc) is 3.17. The summed E-state index contributed by atoms with van der Waals surface area (Å²) in [6.45, 7) is 3.59. The molecule has 3 rings (SSSR count). The van der Waals surface area contributed by atoms with Crippen LogP contribution in [-0.4, -0.2) is 44.9 Å². The Morgan fingerprint density at radius 3 is 3.09 bits per heavy atom. The van der Waals surface area contributed by atoms with Crippen molar-refractivity contribution in [2.75, 3.05) is 18.4 Å². The second kappa shape index (κ2) is 6.46. The summed E-state index contributed by atoms with van der Waals surface area (Å²) in [4.78, 5) is 14.5. The number of benzene rings is 1. The van der Waals surface area contributed by atoms with Gasteiger partial charge in [0.25, 0.3) is 0 Å². The van der Waals surface area contributed by atoms with Gasteiger partial charge in [-0.3, -0.25) is 9.69 Å². The molecule has 2 atom stereocenters. The normalized spacial score (nSPS) is 20.0. The second-order valence-corrected chi connectivity index (χ2v) is 5.93. The Morgan fingerprint density at radius 1 is 1.50 bits per heavy atom. The fourth-order valence-corrected chi connectivity index (χ4v) is 2.92. The van der Waals surface area contributed by atoms with Gasteiger partial charge in [0.15, 0.2) is 0 Å². The highest BCUT2D eigenvalue weighted by Gasteiger charge is 2.30. The lowest BCUT2D eigenvalue weighted by Gasteiger charge is -2.23. The van der Waals surface area contributed by atoms with Gasteiger partial charge in [-0.15, -0.1) is 5.10 Å². The molecule has 0 aliphatic carbocycles. The van der Waals surface area contributed by atoms with E-state index in [1.54, 1.807) is 18.3 Å². The van der Waals surface area contributed by atoms with Crippen molar-refractivity contribution in [1.82, 2.24) is 19.9 Å². The molecule has 7 heteroatoms. The van der Waals surface area contributed by atoms with Crippen LogP contribution in [0.5, 0.6) is 0 Å². The van der Waals surface area contributed by atoms with E-state index in [9.17, 15) is 4.79 Å². The van der Waals surface area contributed by atoms with Crippen LogP contribution in [0.1, 0.15) is 19.4 Å². The predicted molar refractivity (Wildman–Crippen MR) is 84.8 cm³/mol. The molecule has 0 saturated carbocycles. The second-order valence-electron chi connectivity index (χ2n) is 5.50. The summed E-state index contributed by atoms with van der Waals surface area (Å²) in [6, 6.07) is 7.26. The van der Waals surface area contributed by atoms with Gasteiger partial charge in [0, 0.05) is 30.0 Å². The molecule has 2 aromatic rings. The minimum atomic E-state index is -0.201. The van der Waals surface area contributed by atoms with Crippen LogP contribution < -0.4 is 5.32 Å². The maximum absolute atomic E-state index is 12.4. The van der Waals surface area contributed by atoms with Crippen LogP contribution in [-0.2, 0) is 4.79 Å². The molecule has 116 valence electrons. The molecule has 22 heavy (non-hydrogen) atoms. The van der Waals surface area contributed by atoms with E-state index < -0.39 is 0 Å². The van der Waals surface area contributed by atoms with E-state index >= 15 is 0 Å². The molecule has 1 saturated heterocycles. The number of rotatable bonds is 4. The minimum absolute atomic E-state index is 0.0264. The van der Waals surface area contributed by atoms with Crippen LogP contribution >= 0.6 is 11.6 Å². The smallest absolute Gasteiger partial charge is 0.241 e. The van der Waals surface area contributed by atoms with Crippen LogP contribution in [0.3, 0.4) is 0 Å². The Bertz CT molecular complexity index is 645. The Morgan fingerprint density at radius 2 is 2.36 bits per heavy atom. The first-order valence-electron chi connectivity index (χ1n) is 7.30. The zero-order chi connectivity index (χ0) is 15.5. The van der Waals surface area contributed by atoms with E-state index in [1.165, 1.54) is 0 Å². The highest BCUT2D eigenvalue weighted by atomic mass is 35.5. The molecular formula is C15H18ClN5O. The number of carbonyl (C=O) groups excluding carboxylic acids is 1. The number of anilines is 1. The predicted octanol–water partition coefficient (Wildman–Crippen LogP) is 2.21. The molecule has 1 aliphatic heterocycles. The Kier molecular flexibility index (Phi) is 4.40. The van der Waals surface area contributed by atoms with Gasteiger partial charge in [-0.05, 0) is 31.5 Å². The molecule has 0 radical (unpaired) electrons. The van der Waals surface area contributed by atoms with Gasteiger partial charge in [-0.2, -0.15) is 0 Å². The maximum Gasteiger partial charge on any atom is 0.241 e. The van der Waals surface area contributed by atoms with E-state index in [0.717, 1.165) is 25.2 Å². The van der Waals surface area contributed by atoms with Crippen molar-refractivity contribution < 1.29 is 4.79 Å². The van der Waals surface area contributed by atoms with Crippen molar-refractivity contribution in [1.29, 1.82) is 0 Å². The van der Waals surface area contributed by atoms with Crippen molar-refractivity contribution in [3.05, 3.63) is 41.7 Å². The molecule has 1 aromatic carbocycles. The topological polar surface area (TPSA) is 63.1 Å². The number of nitrogens with one attached hydrogen (secondary N) is 1. The minimum Gasteiger partial charge on any atom is -0.325 e. The summed E-state index contributed by atoms with van der Waals surface area (Å²) in [7, 11) is 0. The van der Waals surface area contributed by atoms with Gasteiger partial charge < -0.3 is 5.32 Å². The summed E-state index contributed by atoms with van der Waals surface area (Å²) in [5.74, 6) is -0.0264. The van der Waals surface area contributed by atoms with E-state index in [0.29, 0.717) is 5.02 Å². The number of hydrogen-bond donors (Lipinski definition) is 1. The van der Waals surface area contributed by atoms with Gasteiger partial charge in [-0.1, -0.05) is 22.9 Å². The third kappa shape index (κ3) is 3.28. The fourth-order valence-electron chi connectivity index (χ4n) is 2.73. The van der Waals surface area contributed by atoms with Gasteiger partial charge in [0.1, 0.15) is 0 Å². The number of aromatic nitrogens is 3. The molecule has 2 unspecified atom stereocenters. The first-order chi connectivity index (χ1) is 10.6. The number of carbonyl (C=O) groups is 1. The third-order valence-electron chi connectivity index (χ3n) is 4.03. The molecule has 1 aromatic heterocycles. The Balaban J connectivity index is 1.59. The number of halogens is 1. The summed E-state index contributed by atoms with van der Waals surface area (Å²) in [6.07, 6.45) is 4.51. The third-order valence-corrected chi connectivity index (χ3v) is 4.26. The highest BCUT2D eigenvalue weighted by Crippen LogP contribution is 2.23. The lowest BCUT2D eigenvalue weighted by atomic mass is 10.2. The van der Waals surface area contributed by atoms with Crippen LogP contribution in [0.25, 0.3) is 0 Å². The molecule has 0 bridgehead atoms. The number of amides is 1. The van der Waals surface area contributed by atoms with Crippen molar-refractivity contribution in [3.8, 4) is 0 Å². The molecule has 1 aliphatic rings. The van der Waals surface area contributed by atoms with Gasteiger partial charge in [0.05, 0.1) is 18.3 Å². The first-order valence-corrected chi connectivity index (χ1v) is 7.67.